The standard InChI is InChI=1S/C12H11ClN4O4/c1-21-8-3-7(6(13)2-5(8)12(19)20)17-10-9(14)11(18)16-4-15-10/h2-4H,14H2,1H3,(H,19,20)(H2,15,16,17,18). The molecule has 0 aliphatic heterocycles. The van der Waals surface area contributed by atoms with Gasteiger partial charge in [-0.25, -0.2) is 9.78 Å². The van der Waals surface area contributed by atoms with Gasteiger partial charge in [-0.3, -0.25) is 4.79 Å². The SMILES string of the molecule is COc1cc(Nc2nc[nH]c(=O)c2N)c(Cl)cc1C(=O)O. The number of H-pyrrole nitrogens is 1. The number of nitrogens with two attached hydrogens (primary N) is 1. The van der Waals surface area contributed by atoms with Gasteiger partial charge in [-0.1, -0.05) is 11.6 Å². The number of nitrogens with one attached hydrogen (secondary N) is 2. The van der Waals surface area contributed by atoms with E-state index >= 15 is 0 Å². The molecule has 0 atom stereocenters. The van der Waals surface area contributed by atoms with Gasteiger partial charge in [0.2, 0.25) is 0 Å². The molecule has 0 aliphatic rings. The Morgan fingerprint density at radius 2 is 2.24 bits per heavy atom. The Kier molecular flexibility index (Phi) is 3.99. The molecule has 9 heteroatoms. The molecular formula is C12H11ClN4O4. The number of rotatable bonds is 4. The summed E-state index contributed by atoms with van der Waals surface area (Å²) in [5, 5.41) is 11.9. The molecule has 0 unspecified atom stereocenters. The highest BCUT2D eigenvalue weighted by atomic mass is 35.5. The molecule has 0 amide bonds. The molecule has 1 aromatic carbocycles. The van der Waals surface area contributed by atoms with Gasteiger partial charge in [0.25, 0.3) is 5.56 Å². The van der Waals surface area contributed by atoms with Gasteiger partial charge < -0.3 is 25.9 Å². The second-order valence-electron chi connectivity index (χ2n) is 3.96. The van der Waals surface area contributed by atoms with Gasteiger partial charge in [-0.2, -0.15) is 0 Å². The summed E-state index contributed by atoms with van der Waals surface area (Å²) in [7, 11) is 1.33. The molecule has 0 saturated heterocycles. The first-order valence-corrected chi connectivity index (χ1v) is 6.03. The number of aromatic nitrogens is 2. The van der Waals surface area contributed by atoms with Crippen molar-refractivity contribution in [2.24, 2.45) is 0 Å². The van der Waals surface area contributed by atoms with Gasteiger partial charge in [0.05, 0.1) is 24.1 Å². The Bertz CT molecular complexity index is 759. The van der Waals surface area contributed by atoms with Crippen LogP contribution in [-0.2, 0) is 0 Å². The summed E-state index contributed by atoms with van der Waals surface area (Å²) in [4.78, 5) is 28.7. The number of halogens is 1. The van der Waals surface area contributed by atoms with Crippen molar-refractivity contribution < 1.29 is 14.6 Å². The fraction of sp³-hybridized carbons (Fsp3) is 0.0833. The van der Waals surface area contributed by atoms with E-state index in [9.17, 15) is 9.59 Å². The van der Waals surface area contributed by atoms with Crippen molar-refractivity contribution in [1.29, 1.82) is 0 Å². The van der Waals surface area contributed by atoms with Crippen molar-refractivity contribution in [3.05, 3.63) is 39.4 Å². The molecule has 8 nitrogen and oxygen atoms in total. The first kappa shape index (κ1) is 14.7. The third kappa shape index (κ3) is 2.90. The molecule has 0 radical (unpaired) electrons. The molecule has 0 fully saturated rings. The van der Waals surface area contributed by atoms with E-state index in [-0.39, 0.29) is 27.8 Å². The molecule has 1 heterocycles. The fourth-order valence-electron chi connectivity index (χ4n) is 1.62. The third-order valence-corrected chi connectivity index (χ3v) is 2.97. The number of nitrogens with zero attached hydrogens (tertiary/aromatic N) is 1. The second-order valence-corrected chi connectivity index (χ2v) is 4.36. The van der Waals surface area contributed by atoms with Crippen LogP contribution in [0.1, 0.15) is 10.4 Å². The van der Waals surface area contributed by atoms with Crippen LogP contribution >= 0.6 is 11.6 Å². The van der Waals surface area contributed by atoms with Crippen LogP contribution in [-0.4, -0.2) is 28.2 Å². The maximum atomic E-state index is 11.4. The van der Waals surface area contributed by atoms with E-state index in [1.165, 1.54) is 25.6 Å². The van der Waals surface area contributed by atoms with Crippen molar-refractivity contribution in [2.75, 3.05) is 18.2 Å². The number of hydrogen-bond acceptors (Lipinski definition) is 6. The average Bonchev–Trinajstić information content (AvgIpc) is 2.45. The number of carboxylic acids is 1. The number of carboxylic acid groups (broad SMARTS) is 1. The van der Waals surface area contributed by atoms with E-state index in [2.05, 4.69) is 15.3 Å². The van der Waals surface area contributed by atoms with Gasteiger partial charge >= 0.3 is 5.97 Å². The number of hydrogen-bond donors (Lipinski definition) is 4. The fourth-order valence-corrected chi connectivity index (χ4v) is 1.83. The number of ether oxygens (including phenoxy) is 1. The van der Waals surface area contributed by atoms with Crippen molar-refractivity contribution in [3.8, 4) is 5.75 Å². The number of anilines is 3. The lowest BCUT2D eigenvalue weighted by Gasteiger charge is -2.12. The average molecular weight is 311 g/mol. The van der Waals surface area contributed by atoms with Gasteiger partial charge in [-0.15, -0.1) is 0 Å². The molecule has 0 aliphatic carbocycles. The summed E-state index contributed by atoms with van der Waals surface area (Å²) >= 11 is 6.01. The van der Waals surface area contributed by atoms with Crippen LogP contribution in [0, 0.1) is 0 Å². The number of benzene rings is 1. The van der Waals surface area contributed by atoms with Crippen LogP contribution in [0.4, 0.5) is 17.2 Å². The van der Waals surface area contributed by atoms with E-state index < -0.39 is 11.5 Å². The Morgan fingerprint density at radius 1 is 1.52 bits per heavy atom. The van der Waals surface area contributed by atoms with Crippen molar-refractivity contribution in [1.82, 2.24) is 9.97 Å². The molecule has 0 spiro atoms. The number of methoxy groups -OCH3 is 1. The molecule has 21 heavy (non-hydrogen) atoms. The summed E-state index contributed by atoms with van der Waals surface area (Å²) < 4.78 is 4.99. The molecule has 0 saturated carbocycles. The monoisotopic (exact) mass is 310 g/mol. The van der Waals surface area contributed by atoms with Gasteiger partial charge in [0.1, 0.15) is 17.0 Å². The highest BCUT2D eigenvalue weighted by molar-refractivity contribution is 6.33. The lowest BCUT2D eigenvalue weighted by atomic mass is 10.1. The zero-order valence-electron chi connectivity index (χ0n) is 10.8. The number of aromatic carboxylic acids is 1. The van der Waals surface area contributed by atoms with Crippen molar-refractivity contribution >= 4 is 34.8 Å². The Hall–Kier alpha value is -2.74. The Balaban J connectivity index is 2.48. The zero-order valence-corrected chi connectivity index (χ0v) is 11.6. The Morgan fingerprint density at radius 3 is 2.86 bits per heavy atom. The summed E-state index contributed by atoms with van der Waals surface area (Å²) in [5.41, 5.74) is 5.20. The van der Waals surface area contributed by atoms with Gasteiger partial charge in [-0.05, 0) is 6.07 Å². The Labute approximate surface area is 123 Å². The minimum Gasteiger partial charge on any atom is -0.496 e. The van der Waals surface area contributed by atoms with E-state index in [1.807, 2.05) is 0 Å². The second kappa shape index (κ2) is 5.71. The molecule has 5 N–H and O–H groups in total. The number of nitrogen functional groups attached to an aromatic ring is 1. The van der Waals surface area contributed by atoms with Crippen LogP contribution in [0.15, 0.2) is 23.3 Å². The molecule has 0 bridgehead atoms. The largest absolute Gasteiger partial charge is 0.496 e. The summed E-state index contributed by atoms with van der Waals surface area (Å²) in [6.07, 6.45) is 1.18. The summed E-state index contributed by atoms with van der Waals surface area (Å²) in [5.74, 6) is -0.960. The third-order valence-electron chi connectivity index (χ3n) is 2.66. The predicted octanol–water partition coefficient (Wildman–Crippen LogP) is 1.46. The summed E-state index contributed by atoms with van der Waals surface area (Å²) in [6.45, 7) is 0. The maximum Gasteiger partial charge on any atom is 0.339 e. The van der Waals surface area contributed by atoms with E-state index in [1.54, 1.807) is 0 Å². The van der Waals surface area contributed by atoms with E-state index in [0.29, 0.717) is 5.69 Å². The minimum absolute atomic E-state index is 0.0834. The van der Waals surface area contributed by atoms with Crippen molar-refractivity contribution in [2.45, 2.75) is 0 Å². The number of aromatic amines is 1. The zero-order chi connectivity index (χ0) is 15.6. The minimum atomic E-state index is -1.17. The van der Waals surface area contributed by atoms with Gasteiger partial charge in [0.15, 0.2) is 5.82 Å². The van der Waals surface area contributed by atoms with Crippen LogP contribution < -0.4 is 21.3 Å². The highest BCUT2D eigenvalue weighted by Crippen LogP contribution is 2.33. The predicted molar refractivity (Wildman–Crippen MR) is 77.5 cm³/mol. The maximum absolute atomic E-state index is 11.4. The quantitative estimate of drug-likeness (QED) is 0.672. The molecule has 2 aromatic rings. The van der Waals surface area contributed by atoms with E-state index in [0.717, 1.165) is 0 Å². The lowest BCUT2D eigenvalue weighted by molar-refractivity contribution is 0.0693. The molecule has 2 rings (SSSR count). The first-order valence-electron chi connectivity index (χ1n) is 5.65. The number of carbonyl (C=O) groups is 1. The van der Waals surface area contributed by atoms with Crippen LogP contribution in [0.2, 0.25) is 5.02 Å². The first-order chi connectivity index (χ1) is 9.93. The smallest absolute Gasteiger partial charge is 0.339 e. The van der Waals surface area contributed by atoms with Crippen LogP contribution in [0.3, 0.4) is 0 Å². The lowest BCUT2D eigenvalue weighted by Crippen LogP contribution is -2.15. The highest BCUT2D eigenvalue weighted by Gasteiger charge is 2.16. The van der Waals surface area contributed by atoms with Crippen LogP contribution in [0.25, 0.3) is 0 Å². The topological polar surface area (TPSA) is 130 Å². The molecule has 1 aromatic heterocycles. The molecular weight excluding hydrogens is 300 g/mol. The summed E-state index contributed by atoms with van der Waals surface area (Å²) in [6, 6.07) is 2.61. The van der Waals surface area contributed by atoms with Gasteiger partial charge in [0, 0.05) is 6.07 Å². The van der Waals surface area contributed by atoms with Crippen LogP contribution in [0.5, 0.6) is 5.75 Å². The van der Waals surface area contributed by atoms with Crippen molar-refractivity contribution in [3.63, 3.8) is 0 Å². The van der Waals surface area contributed by atoms with E-state index in [4.69, 9.17) is 27.2 Å². The molecule has 110 valence electrons. The normalized spacial score (nSPS) is 10.2.